The molecule has 228 valence electrons. The highest BCUT2D eigenvalue weighted by molar-refractivity contribution is 5.99. The van der Waals surface area contributed by atoms with Crippen molar-refractivity contribution in [1.29, 1.82) is 0 Å². The lowest BCUT2D eigenvalue weighted by Gasteiger charge is -2.23. The number of hydrogen-bond acceptors (Lipinski definition) is 9. The summed E-state index contributed by atoms with van der Waals surface area (Å²) in [5.41, 5.74) is 1.63. The Morgan fingerprint density at radius 3 is 2.43 bits per heavy atom. The number of pyridine rings is 1. The van der Waals surface area contributed by atoms with Crippen LogP contribution in [0.1, 0.15) is 49.4 Å². The van der Waals surface area contributed by atoms with Crippen molar-refractivity contribution in [2.75, 3.05) is 27.2 Å². The van der Waals surface area contributed by atoms with Crippen LogP contribution < -0.4 is 15.4 Å². The Balaban J connectivity index is 0.000000682. The van der Waals surface area contributed by atoms with Gasteiger partial charge in [-0.15, -0.1) is 0 Å². The first-order valence-corrected chi connectivity index (χ1v) is 13.5. The molecule has 0 saturated carbocycles. The maximum absolute atomic E-state index is 13.0. The number of likely N-dealkylation sites (N-methyl/N-ethyl adjacent to an activating group) is 1. The smallest absolute Gasteiger partial charge is 0.287 e. The predicted molar refractivity (Wildman–Crippen MR) is 160 cm³/mol. The summed E-state index contributed by atoms with van der Waals surface area (Å²) in [6.45, 7) is 11.1. The lowest BCUT2D eigenvalue weighted by atomic mass is 10.0. The maximum atomic E-state index is 13.0. The zero-order valence-corrected chi connectivity index (χ0v) is 25.1. The van der Waals surface area contributed by atoms with Gasteiger partial charge in [-0.05, 0) is 82.1 Å². The topological polar surface area (TPSA) is 148 Å². The number of carbonyl (C=O) groups is 5. The molecule has 1 fully saturated rings. The number of aryl methyl sites for hydroxylation is 1. The van der Waals surface area contributed by atoms with Crippen LogP contribution in [0, 0.1) is 12.8 Å². The minimum absolute atomic E-state index is 0.00537. The second-order valence-corrected chi connectivity index (χ2v) is 10.0. The number of carbonyl (C=O) groups excluding carboxylic acids is 5. The Labute approximate surface area is 247 Å². The normalized spacial score (nSPS) is 15.4. The molecule has 2 unspecified atom stereocenters. The molecule has 1 saturated heterocycles. The molecule has 0 radical (unpaired) electrons. The quantitative estimate of drug-likeness (QED) is 0.428. The fourth-order valence-corrected chi connectivity index (χ4v) is 4.25. The molecule has 1 aliphatic rings. The van der Waals surface area contributed by atoms with Crippen molar-refractivity contribution in [1.82, 2.24) is 20.5 Å². The van der Waals surface area contributed by atoms with Crippen LogP contribution in [0.25, 0.3) is 11.0 Å². The molecule has 4 rings (SSSR count). The number of hydrogen-bond donors (Lipinski definition) is 2. The van der Waals surface area contributed by atoms with E-state index in [1.807, 2.05) is 64.5 Å². The summed E-state index contributed by atoms with van der Waals surface area (Å²) < 4.78 is 10.9. The fraction of sp³-hybridized carbons (Fsp3) is 0.419. The molecule has 3 heterocycles. The summed E-state index contributed by atoms with van der Waals surface area (Å²) >= 11 is 0. The largest absolute Gasteiger partial charge is 0.497 e. The lowest BCUT2D eigenvalue weighted by molar-refractivity contribution is -0.129. The van der Waals surface area contributed by atoms with E-state index in [-0.39, 0.29) is 23.4 Å². The van der Waals surface area contributed by atoms with Crippen LogP contribution in [0.2, 0.25) is 0 Å². The van der Waals surface area contributed by atoms with E-state index >= 15 is 0 Å². The molecule has 3 aromatic rings. The number of likely N-dealkylation sites (tertiary alicyclic amines) is 1. The molecular formula is C31H42N4O7. The third-order valence-electron chi connectivity index (χ3n) is 6.25. The van der Waals surface area contributed by atoms with Gasteiger partial charge in [-0.25, -0.2) is 0 Å². The first-order valence-electron chi connectivity index (χ1n) is 13.5. The molecular weight excluding hydrogens is 540 g/mol. The number of furan rings is 1. The van der Waals surface area contributed by atoms with Crippen LogP contribution in [-0.2, 0) is 19.2 Å². The first kappa shape index (κ1) is 35.6. The Morgan fingerprint density at radius 2 is 1.86 bits per heavy atom. The molecule has 1 aromatic carbocycles. The Kier molecular flexibility index (Phi) is 16.0. The number of fused-ring (bicyclic) bond motifs is 1. The molecule has 2 atom stereocenters. The average molecular weight is 583 g/mol. The highest BCUT2D eigenvalue weighted by Crippen LogP contribution is 2.24. The van der Waals surface area contributed by atoms with E-state index in [9.17, 15) is 14.4 Å². The Hall–Kier alpha value is -4.38. The van der Waals surface area contributed by atoms with Crippen molar-refractivity contribution < 1.29 is 33.1 Å². The number of amides is 2. The van der Waals surface area contributed by atoms with Gasteiger partial charge in [-0.3, -0.25) is 24.3 Å². The fourth-order valence-electron chi connectivity index (χ4n) is 4.25. The van der Waals surface area contributed by atoms with Gasteiger partial charge < -0.3 is 29.4 Å². The SMILES string of the molecule is C=O.C=O.COc1ccc2oc(C(=O)NC(CC(C)C)C(=O)NC3CCCN(C)CC3=O)cc2c1.Cc1ccccn1. The first-order chi connectivity index (χ1) is 20.2. The third kappa shape index (κ3) is 11.6. The van der Waals surface area contributed by atoms with Crippen LogP contribution in [0.15, 0.2) is 53.1 Å². The van der Waals surface area contributed by atoms with E-state index in [2.05, 4.69) is 15.6 Å². The number of benzene rings is 1. The molecule has 2 aromatic heterocycles. The summed E-state index contributed by atoms with van der Waals surface area (Å²) in [6.07, 6.45) is 3.67. The highest BCUT2D eigenvalue weighted by Gasteiger charge is 2.29. The summed E-state index contributed by atoms with van der Waals surface area (Å²) in [7, 11) is 3.47. The zero-order valence-electron chi connectivity index (χ0n) is 25.1. The van der Waals surface area contributed by atoms with E-state index in [0.717, 1.165) is 24.0 Å². The minimum atomic E-state index is -0.760. The summed E-state index contributed by atoms with van der Waals surface area (Å²) in [5, 5.41) is 6.38. The monoisotopic (exact) mass is 582 g/mol. The van der Waals surface area contributed by atoms with Crippen molar-refractivity contribution in [2.45, 2.75) is 52.1 Å². The number of nitrogens with zero attached hydrogens (tertiary/aromatic N) is 2. The standard InChI is InChI=1S/C23H31N3O5.C6H7N.2CH2O/c1-14(2)10-18(22(28)24-17-6-5-9-26(3)13-19(17)27)25-23(29)21-12-15-11-16(30-4)7-8-20(15)31-21;1-6-4-2-3-5-7-6;2*1-2/h7-8,11-12,14,17-18H,5-6,9-10,13H2,1-4H3,(H,24,28)(H,25,29);2-5H,1H3;2*1H2. The second-order valence-electron chi connectivity index (χ2n) is 10.0. The molecule has 0 bridgehead atoms. The predicted octanol–water partition coefficient (Wildman–Crippen LogP) is 3.39. The summed E-state index contributed by atoms with van der Waals surface area (Å²) in [4.78, 5) is 60.2. The number of rotatable bonds is 7. The second kappa shape index (κ2) is 18.9. The zero-order chi connectivity index (χ0) is 31.7. The Bertz CT molecular complexity index is 1260. The number of ether oxygens (including phenoxy) is 1. The van der Waals surface area contributed by atoms with Crippen molar-refractivity contribution in [3.8, 4) is 5.75 Å². The van der Waals surface area contributed by atoms with Crippen LogP contribution in [0.3, 0.4) is 0 Å². The van der Waals surface area contributed by atoms with Gasteiger partial charge in [0.25, 0.3) is 5.91 Å². The van der Waals surface area contributed by atoms with E-state index in [1.54, 1.807) is 37.6 Å². The van der Waals surface area contributed by atoms with Crippen LogP contribution in [0.4, 0.5) is 0 Å². The van der Waals surface area contributed by atoms with Gasteiger partial charge in [0.15, 0.2) is 11.5 Å². The Morgan fingerprint density at radius 1 is 1.14 bits per heavy atom. The van der Waals surface area contributed by atoms with Gasteiger partial charge in [-0.2, -0.15) is 0 Å². The molecule has 11 nitrogen and oxygen atoms in total. The summed E-state index contributed by atoms with van der Waals surface area (Å²) in [6, 6.07) is 11.5. The van der Waals surface area contributed by atoms with Crippen molar-refractivity contribution in [2.24, 2.45) is 5.92 Å². The number of methoxy groups -OCH3 is 1. The van der Waals surface area contributed by atoms with E-state index < -0.39 is 18.0 Å². The van der Waals surface area contributed by atoms with Gasteiger partial charge in [-0.1, -0.05) is 19.9 Å². The van der Waals surface area contributed by atoms with Crippen molar-refractivity contribution >= 4 is 42.1 Å². The average Bonchev–Trinajstić information content (AvgIpc) is 3.35. The summed E-state index contributed by atoms with van der Waals surface area (Å²) in [5.74, 6) is 0.139. The molecule has 2 N–H and O–H groups in total. The minimum Gasteiger partial charge on any atom is -0.497 e. The van der Waals surface area contributed by atoms with E-state index in [0.29, 0.717) is 30.7 Å². The van der Waals surface area contributed by atoms with Crippen LogP contribution >= 0.6 is 0 Å². The highest BCUT2D eigenvalue weighted by atomic mass is 16.5. The van der Waals surface area contributed by atoms with Gasteiger partial charge in [0.2, 0.25) is 5.91 Å². The molecule has 1 aliphatic heterocycles. The number of ketones is 1. The number of nitrogens with one attached hydrogen (secondary N) is 2. The van der Waals surface area contributed by atoms with Crippen LogP contribution in [0.5, 0.6) is 5.75 Å². The maximum Gasteiger partial charge on any atom is 0.287 e. The van der Waals surface area contributed by atoms with Gasteiger partial charge in [0.1, 0.15) is 31.0 Å². The number of aromatic nitrogens is 1. The number of Topliss-reactive ketones (excluding diaryl/α,β-unsaturated/α-hetero) is 1. The van der Waals surface area contributed by atoms with Gasteiger partial charge >= 0.3 is 0 Å². The third-order valence-corrected chi connectivity index (χ3v) is 6.25. The van der Waals surface area contributed by atoms with E-state index in [1.165, 1.54) is 0 Å². The van der Waals surface area contributed by atoms with Crippen LogP contribution in [-0.4, -0.2) is 80.4 Å². The van der Waals surface area contributed by atoms with Gasteiger partial charge in [0, 0.05) is 17.3 Å². The van der Waals surface area contributed by atoms with Crippen molar-refractivity contribution in [3.63, 3.8) is 0 Å². The molecule has 2 amide bonds. The molecule has 11 heteroatoms. The molecule has 0 spiro atoms. The van der Waals surface area contributed by atoms with Gasteiger partial charge in [0.05, 0.1) is 19.7 Å². The lowest BCUT2D eigenvalue weighted by Crippen LogP contribution is -2.52. The van der Waals surface area contributed by atoms with Crippen molar-refractivity contribution in [3.05, 3.63) is 60.1 Å². The van der Waals surface area contributed by atoms with E-state index in [4.69, 9.17) is 18.7 Å². The molecule has 0 aliphatic carbocycles. The molecule has 42 heavy (non-hydrogen) atoms.